The van der Waals surface area contributed by atoms with Crippen LogP contribution in [0.15, 0.2) is 54.6 Å². The molecule has 0 heterocycles. The Morgan fingerprint density at radius 3 is 2.35 bits per heavy atom. The summed E-state index contributed by atoms with van der Waals surface area (Å²) >= 11 is 0. The maximum absolute atomic E-state index is 12.1. The standard InChI is InChI=1S/C17H19NO2/c1-13(12-17(19)14-6-4-3-5-7-14)18-15-8-10-16(20-2)11-9-15/h3-11,13,18H,12H2,1-2H3. The Morgan fingerprint density at radius 2 is 1.75 bits per heavy atom. The first-order valence-corrected chi connectivity index (χ1v) is 6.68. The summed E-state index contributed by atoms with van der Waals surface area (Å²) in [4.78, 5) is 12.1. The van der Waals surface area contributed by atoms with Crippen molar-refractivity contribution in [2.45, 2.75) is 19.4 Å². The van der Waals surface area contributed by atoms with Gasteiger partial charge in [-0.15, -0.1) is 0 Å². The second-order valence-corrected chi connectivity index (χ2v) is 4.77. The van der Waals surface area contributed by atoms with E-state index in [9.17, 15) is 4.79 Å². The van der Waals surface area contributed by atoms with Crippen molar-refractivity contribution in [3.05, 3.63) is 60.2 Å². The van der Waals surface area contributed by atoms with Gasteiger partial charge in [0.25, 0.3) is 0 Å². The van der Waals surface area contributed by atoms with Gasteiger partial charge in [0.05, 0.1) is 7.11 Å². The lowest BCUT2D eigenvalue weighted by Gasteiger charge is -2.15. The van der Waals surface area contributed by atoms with E-state index >= 15 is 0 Å². The van der Waals surface area contributed by atoms with Gasteiger partial charge in [-0.25, -0.2) is 0 Å². The van der Waals surface area contributed by atoms with E-state index in [-0.39, 0.29) is 11.8 Å². The quantitative estimate of drug-likeness (QED) is 0.811. The highest BCUT2D eigenvalue weighted by atomic mass is 16.5. The van der Waals surface area contributed by atoms with Crippen molar-refractivity contribution in [3.63, 3.8) is 0 Å². The van der Waals surface area contributed by atoms with Gasteiger partial charge in [0.1, 0.15) is 5.75 Å². The molecule has 0 saturated heterocycles. The van der Waals surface area contributed by atoms with E-state index in [1.165, 1.54) is 0 Å². The third-order valence-corrected chi connectivity index (χ3v) is 3.09. The lowest BCUT2D eigenvalue weighted by atomic mass is 10.0. The molecule has 0 spiro atoms. The van der Waals surface area contributed by atoms with Gasteiger partial charge in [0.15, 0.2) is 5.78 Å². The van der Waals surface area contributed by atoms with Gasteiger partial charge in [-0.1, -0.05) is 30.3 Å². The van der Waals surface area contributed by atoms with Crippen LogP contribution in [0.4, 0.5) is 5.69 Å². The molecule has 3 nitrogen and oxygen atoms in total. The topological polar surface area (TPSA) is 38.3 Å². The fraction of sp³-hybridized carbons (Fsp3) is 0.235. The number of ether oxygens (including phenoxy) is 1. The lowest BCUT2D eigenvalue weighted by molar-refractivity contribution is 0.0978. The number of Topliss-reactive ketones (excluding diaryl/α,β-unsaturated/α-hetero) is 1. The van der Waals surface area contributed by atoms with Crippen molar-refractivity contribution in [1.29, 1.82) is 0 Å². The summed E-state index contributed by atoms with van der Waals surface area (Å²) in [7, 11) is 1.64. The monoisotopic (exact) mass is 269 g/mol. The van der Waals surface area contributed by atoms with E-state index in [4.69, 9.17) is 4.74 Å². The fourth-order valence-corrected chi connectivity index (χ4v) is 2.04. The normalized spacial score (nSPS) is 11.7. The zero-order valence-corrected chi connectivity index (χ0v) is 11.8. The minimum Gasteiger partial charge on any atom is -0.497 e. The number of benzene rings is 2. The van der Waals surface area contributed by atoms with Crippen LogP contribution in [0.1, 0.15) is 23.7 Å². The molecule has 0 aromatic heterocycles. The number of methoxy groups -OCH3 is 1. The molecule has 2 aromatic rings. The predicted octanol–water partition coefficient (Wildman–Crippen LogP) is 3.77. The molecule has 3 heteroatoms. The van der Waals surface area contributed by atoms with Crippen molar-refractivity contribution in [1.82, 2.24) is 0 Å². The van der Waals surface area contributed by atoms with Crippen LogP contribution >= 0.6 is 0 Å². The van der Waals surface area contributed by atoms with E-state index < -0.39 is 0 Å². The molecule has 0 saturated carbocycles. The third kappa shape index (κ3) is 3.85. The molecule has 0 amide bonds. The third-order valence-electron chi connectivity index (χ3n) is 3.09. The largest absolute Gasteiger partial charge is 0.497 e. The average Bonchev–Trinajstić information content (AvgIpc) is 2.49. The van der Waals surface area contributed by atoms with Crippen LogP contribution in [0.25, 0.3) is 0 Å². The first kappa shape index (κ1) is 14.1. The molecule has 1 atom stereocenters. The van der Waals surface area contributed by atoms with Gasteiger partial charge in [-0.2, -0.15) is 0 Å². The first-order chi connectivity index (χ1) is 9.69. The SMILES string of the molecule is COc1ccc(NC(C)CC(=O)c2ccccc2)cc1. The van der Waals surface area contributed by atoms with Gasteiger partial charge in [0.2, 0.25) is 0 Å². The summed E-state index contributed by atoms with van der Waals surface area (Å²) in [6.45, 7) is 2.01. The van der Waals surface area contributed by atoms with E-state index in [0.717, 1.165) is 17.0 Å². The van der Waals surface area contributed by atoms with Gasteiger partial charge in [-0.3, -0.25) is 4.79 Å². The number of hydrogen-bond acceptors (Lipinski definition) is 3. The van der Waals surface area contributed by atoms with Crippen LogP contribution in [0.5, 0.6) is 5.75 Å². The molecular formula is C17H19NO2. The second-order valence-electron chi connectivity index (χ2n) is 4.77. The molecular weight excluding hydrogens is 250 g/mol. The number of nitrogens with one attached hydrogen (secondary N) is 1. The van der Waals surface area contributed by atoms with Crippen molar-refractivity contribution in [2.24, 2.45) is 0 Å². The number of carbonyl (C=O) groups excluding carboxylic acids is 1. The molecule has 2 rings (SSSR count). The molecule has 1 unspecified atom stereocenters. The smallest absolute Gasteiger partial charge is 0.164 e. The molecule has 0 aliphatic rings. The highest BCUT2D eigenvalue weighted by Crippen LogP contribution is 2.17. The van der Waals surface area contributed by atoms with E-state index in [1.807, 2.05) is 61.5 Å². The Labute approximate surface area is 119 Å². The zero-order chi connectivity index (χ0) is 14.4. The maximum atomic E-state index is 12.1. The number of hydrogen-bond donors (Lipinski definition) is 1. The summed E-state index contributed by atoms with van der Waals surface area (Å²) in [5, 5.41) is 3.32. The van der Waals surface area contributed by atoms with E-state index in [0.29, 0.717) is 6.42 Å². The van der Waals surface area contributed by atoms with Crippen molar-refractivity contribution < 1.29 is 9.53 Å². The fourth-order valence-electron chi connectivity index (χ4n) is 2.04. The van der Waals surface area contributed by atoms with Crippen LogP contribution in [-0.2, 0) is 0 Å². The zero-order valence-electron chi connectivity index (χ0n) is 11.8. The van der Waals surface area contributed by atoms with Gasteiger partial charge >= 0.3 is 0 Å². The molecule has 0 aliphatic carbocycles. The molecule has 1 N–H and O–H groups in total. The summed E-state index contributed by atoms with van der Waals surface area (Å²) < 4.78 is 5.11. The molecule has 20 heavy (non-hydrogen) atoms. The molecule has 0 fully saturated rings. The lowest BCUT2D eigenvalue weighted by Crippen LogP contribution is -2.19. The van der Waals surface area contributed by atoms with Crippen LogP contribution in [0.3, 0.4) is 0 Å². The summed E-state index contributed by atoms with van der Waals surface area (Å²) in [5.41, 5.74) is 1.75. The Morgan fingerprint density at radius 1 is 1.10 bits per heavy atom. The Hall–Kier alpha value is -2.29. The Kier molecular flexibility index (Phi) is 4.77. The Balaban J connectivity index is 1.91. The van der Waals surface area contributed by atoms with Crippen LogP contribution in [0.2, 0.25) is 0 Å². The van der Waals surface area contributed by atoms with Crippen LogP contribution in [0, 0.1) is 0 Å². The van der Waals surface area contributed by atoms with E-state index in [1.54, 1.807) is 7.11 Å². The Bertz CT molecular complexity index is 549. The van der Waals surface area contributed by atoms with Gasteiger partial charge in [0, 0.05) is 23.7 Å². The average molecular weight is 269 g/mol. The number of rotatable bonds is 6. The summed E-state index contributed by atoms with van der Waals surface area (Å²) in [5.74, 6) is 0.975. The molecule has 0 bridgehead atoms. The van der Waals surface area contributed by atoms with Crippen LogP contribution in [-0.4, -0.2) is 18.9 Å². The van der Waals surface area contributed by atoms with Crippen molar-refractivity contribution in [3.8, 4) is 5.75 Å². The van der Waals surface area contributed by atoms with Crippen LogP contribution < -0.4 is 10.1 Å². The summed E-state index contributed by atoms with van der Waals surface area (Å²) in [6.07, 6.45) is 0.468. The molecule has 0 aliphatic heterocycles. The minimum absolute atomic E-state index is 0.0797. The molecule has 0 radical (unpaired) electrons. The number of anilines is 1. The maximum Gasteiger partial charge on any atom is 0.164 e. The van der Waals surface area contributed by atoms with Gasteiger partial charge in [-0.05, 0) is 31.2 Å². The van der Waals surface area contributed by atoms with Crippen molar-refractivity contribution in [2.75, 3.05) is 12.4 Å². The molecule has 104 valence electrons. The summed E-state index contributed by atoms with van der Waals surface area (Å²) in [6, 6.07) is 17.1. The minimum atomic E-state index is 0.0797. The highest BCUT2D eigenvalue weighted by Gasteiger charge is 2.10. The highest BCUT2D eigenvalue weighted by molar-refractivity contribution is 5.96. The number of carbonyl (C=O) groups is 1. The van der Waals surface area contributed by atoms with Crippen molar-refractivity contribution >= 4 is 11.5 Å². The first-order valence-electron chi connectivity index (χ1n) is 6.68. The van der Waals surface area contributed by atoms with E-state index in [2.05, 4.69) is 5.32 Å². The second kappa shape index (κ2) is 6.75. The van der Waals surface area contributed by atoms with Gasteiger partial charge < -0.3 is 10.1 Å². The predicted molar refractivity (Wildman–Crippen MR) is 81.5 cm³/mol. The number of ketones is 1. The molecule has 2 aromatic carbocycles.